The zero-order chi connectivity index (χ0) is 25.2. The first-order chi connectivity index (χ1) is 17.6. The van der Waals surface area contributed by atoms with Crippen molar-refractivity contribution in [2.45, 2.75) is 57.8 Å². The molecule has 0 spiro atoms. The Labute approximate surface area is 215 Å². The number of carboxylic acids is 1. The lowest BCUT2D eigenvalue weighted by molar-refractivity contribution is -0.137. The molecule has 1 aromatic heterocycles. The van der Waals surface area contributed by atoms with Crippen LogP contribution < -0.4 is 4.74 Å². The van der Waals surface area contributed by atoms with Crippen LogP contribution in [0.15, 0.2) is 60.8 Å². The van der Waals surface area contributed by atoms with Crippen LogP contribution in [0.5, 0.6) is 5.75 Å². The summed E-state index contributed by atoms with van der Waals surface area (Å²) in [5.74, 6) is 1.26. The number of hydrogen-bond acceptors (Lipinski definition) is 4. The highest BCUT2D eigenvalue weighted by Crippen LogP contribution is 2.32. The number of nitrogens with zero attached hydrogens (tertiary/aromatic N) is 2. The van der Waals surface area contributed by atoms with E-state index in [4.69, 9.17) is 4.74 Å². The number of hydrogen-bond donors (Lipinski definition) is 1. The number of aliphatic carboxylic acids is 1. The van der Waals surface area contributed by atoms with Gasteiger partial charge in [-0.15, -0.1) is 0 Å². The molecule has 192 valence electrons. The third-order valence-electron chi connectivity index (χ3n) is 7.80. The second kappa shape index (κ2) is 13.4. The van der Waals surface area contributed by atoms with Gasteiger partial charge in [-0.3, -0.25) is 9.78 Å². The first kappa shape index (κ1) is 26.2. The van der Waals surface area contributed by atoms with Gasteiger partial charge in [0.2, 0.25) is 0 Å². The zero-order valence-electron chi connectivity index (χ0n) is 21.6. The number of rotatable bonds is 13. The van der Waals surface area contributed by atoms with E-state index in [0.29, 0.717) is 11.8 Å². The van der Waals surface area contributed by atoms with Gasteiger partial charge in [0.05, 0.1) is 12.6 Å². The van der Waals surface area contributed by atoms with Gasteiger partial charge in [-0.1, -0.05) is 30.3 Å². The van der Waals surface area contributed by atoms with E-state index in [0.717, 1.165) is 63.0 Å². The first-order valence-electron chi connectivity index (χ1n) is 13.5. The van der Waals surface area contributed by atoms with Gasteiger partial charge >= 0.3 is 5.97 Å². The molecule has 0 radical (unpaired) electrons. The Kier molecular flexibility index (Phi) is 9.74. The van der Waals surface area contributed by atoms with Crippen LogP contribution >= 0.6 is 0 Å². The van der Waals surface area contributed by atoms with Crippen LogP contribution in [0.4, 0.5) is 0 Å². The summed E-state index contributed by atoms with van der Waals surface area (Å²) in [6.07, 6.45) is 10.9. The molecule has 3 aromatic rings. The fourth-order valence-electron chi connectivity index (χ4n) is 5.77. The Hall–Kier alpha value is -2.92. The van der Waals surface area contributed by atoms with E-state index < -0.39 is 5.97 Å². The number of aromatic nitrogens is 1. The number of aryl methyl sites for hydroxylation is 2. The topological polar surface area (TPSA) is 62.7 Å². The van der Waals surface area contributed by atoms with Gasteiger partial charge < -0.3 is 14.7 Å². The minimum Gasteiger partial charge on any atom is -0.497 e. The molecule has 5 nitrogen and oxygen atoms in total. The number of unbranched alkanes of at least 4 members (excludes halogenated alkanes) is 1. The summed E-state index contributed by atoms with van der Waals surface area (Å²) in [5.41, 5.74) is 3.74. The molecule has 1 saturated heterocycles. The summed E-state index contributed by atoms with van der Waals surface area (Å²) in [7, 11) is 1.70. The molecule has 1 aliphatic heterocycles. The molecule has 0 bridgehead atoms. The van der Waals surface area contributed by atoms with Crippen molar-refractivity contribution in [3.05, 3.63) is 71.9 Å². The maximum atomic E-state index is 11.3. The Morgan fingerprint density at radius 1 is 1.03 bits per heavy atom. The van der Waals surface area contributed by atoms with Crippen LogP contribution in [0, 0.1) is 11.8 Å². The molecule has 0 amide bonds. The second-order valence-corrected chi connectivity index (χ2v) is 10.2. The predicted molar refractivity (Wildman–Crippen MR) is 146 cm³/mol. The van der Waals surface area contributed by atoms with Crippen LogP contribution in [-0.2, 0) is 17.6 Å². The number of benzene rings is 2. The largest absolute Gasteiger partial charge is 0.497 e. The lowest BCUT2D eigenvalue weighted by Crippen LogP contribution is -2.41. The number of carbonyl (C=O) groups is 1. The second-order valence-electron chi connectivity index (χ2n) is 10.2. The van der Waals surface area contributed by atoms with Crippen molar-refractivity contribution in [2.75, 3.05) is 26.7 Å². The monoisotopic (exact) mass is 488 g/mol. The summed E-state index contributed by atoms with van der Waals surface area (Å²) in [4.78, 5) is 18.4. The summed E-state index contributed by atoms with van der Waals surface area (Å²) < 4.78 is 5.42. The molecular weight excluding hydrogens is 448 g/mol. The van der Waals surface area contributed by atoms with E-state index in [-0.39, 0.29) is 6.42 Å². The third kappa shape index (κ3) is 7.54. The highest BCUT2D eigenvalue weighted by Gasteiger charge is 2.29. The number of fused-ring (bicyclic) bond motifs is 1. The van der Waals surface area contributed by atoms with Gasteiger partial charge in [0.15, 0.2) is 0 Å². The Morgan fingerprint density at radius 2 is 1.89 bits per heavy atom. The summed E-state index contributed by atoms with van der Waals surface area (Å²) in [6, 6.07) is 18.9. The Balaban J connectivity index is 1.28. The molecule has 2 atom stereocenters. The molecule has 4 rings (SSSR count). The van der Waals surface area contributed by atoms with Crippen LogP contribution in [-0.4, -0.2) is 47.7 Å². The summed E-state index contributed by atoms with van der Waals surface area (Å²) in [6.45, 7) is 3.29. The van der Waals surface area contributed by atoms with Crippen molar-refractivity contribution in [2.24, 2.45) is 11.8 Å². The summed E-state index contributed by atoms with van der Waals surface area (Å²) >= 11 is 0. The van der Waals surface area contributed by atoms with Crippen molar-refractivity contribution in [1.29, 1.82) is 0 Å². The van der Waals surface area contributed by atoms with Gasteiger partial charge in [-0.25, -0.2) is 0 Å². The Bertz CT molecular complexity index is 1100. The number of pyridine rings is 1. The third-order valence-corrected chi connectivity index (χ3v) is 7.80. The standard InChI is InChI=1S/C31H40N2O3/c1-36-28-14-15-30-29(22-28)26(17-19-32-30)12-7-11-25-18-21-33(23-27(25)13-16-31(34)35)20-6-5-10-24-8-3-2-4-9-24/h2-4,8-9,14-15,17,19,22,25,27H,5-7,10-13,16,18,20-21,23H2,1H3,(H,34,35)/t25-,27+/m1/s1. The maximum Gasteiger partial charge on any atom is 0.303 e. The molecule has 1 fully saturated rings. The van der Waals surface area contributed by atoms with Crippen molar-refractivity contribution >= 4 is 16.9 Å². The first-order valence-corrected chi connectivity index (χ1v) is 13.5. The van der Waals surface area contributed by atoms with Crippen molar-refractivity contribution in [3.8, 4) is 5.75 Å². The number of methoxy groups -OCH3 is 1. The SMILES string of the molecule is COc1ccc2nccc(CCC[C@@H]3CCN(CCCCc4ccccc4)C[C@@H]3CCC(=O)O)c2c1. The molecule has 5 heteroatoms. The van der Waals surface area contributed by atoms with Gasteiger partial charge in [0, 0.05) is 24.5 Å². The zero-order valence-corrected chi connectivity index (χ0v) is 21.6. The number of carboxylic acid groups (broad SMARTS) is 1. The fourth-order valence-corrected chi connectivity index (χ4v) is 5.77. The smallest absolute Gasteiger partial charge is 0.303 e. The van der Waals surface area contributed by atoms with E-state index in [1.807, 2.05) is 18.3 Å². The van der Waals surface area contributed by atoms with Gasteiger partial charge in [0.25, 0.3) is 0 Å². The van der Waals surface area contributed by atoms with E-state index in [1.165, 1.54) is 35.8 Å². The van der Waals surface area contributed by atoms with E-state index in [2.05, 4.69) is 52.3 Å². The Morgan fingerprint density at radius 3 is 2.69 bits per heavy atom. The highest BCUT2D eigenvalue weighted by atomic mass is 16.5. The van der Waals surface area contributed by atoms with Crippen LogP contribution in [0.25, 0.3) is 10.9 Å². The lowest BCUT2D eigenvalue weighted by Gasteiger charge is -2.39. The minimum atomic E-state index is -0.675. The molecule has 0 unspecified atom stereocenters. The van der Waals surface area contributed by atoms with Crippen LogP contribution in [0.2, 0.25) is 0 Å². The van der Waals surface area contributed by atoms with Gasteiger partial charge in [0.1, 0.15) is 5.75 Å². The van der Waals surface area contributed by atoms with Crippen molar-refractivity contribution < 1.29 is 14.6 Å². The van der Waals surface area contributed by atoms with Crippen molar-refractivity contribution in [3.63, 3.8) is 0 Å². The average Bonchev–Trinajstić information content (AvgIpc) is 2.91. The maximum absolute atomic E-state index is 11.3. The normalized spacial score (nSPS) is 18.4. The number of piperidine rings is 1. The van der Waals surface area contributed by atoms with Gasteiger partial charge in [-0.05, 0) is 112 Å². The van der Waals surface area contributed by atoms with E-state index in [9.17, 15) is 9.90 Å². The van der Waals surface area contributed by atoms with E-state index in [1.54, 1.807) is 7.11 Å². The average molecular weight is 489 g/mol. The molecule has 0 aliphatic carbocycles. The van der Waals surface area contributed by atoms with Crippen LogP contribution in [0.1, 0.15) is 56.1 Å². The predicted octanol–water partition coefficient (Wildman–Crippen LogP) is 6.39. The van der Waals surface area contributed by atoms with Crippen molar-refractivity contribution in [1.82, 2.24) is 9.88 Å². The van der Waals surface area contributed by atoms with Crippen LogP contribution in [0.3, 0.4) is 0 Å². The molecule has 1 aliphatic rings. The minimum absolute atomic E-state index is 0.276. The highest BCUT2D eigenvalue weighted by molar-refractivity contribution is 5.83. The molecule has 1 N–H and O–H groups in total. The quantitative estimate of drug-likeness (QED) is 0.282. The molecular formula is C31H40N2O3. The number of ether oxygens (including phenoxy) is 1. The van der Waals surface area contributed by atoms with E-state index >= 15 is 0 Å². The lowest BCUT2D eigenvalue weighted by atomic mass is 9.79. The molecule has 36 heavy (non-hydrogen) atoms. The molecule has 2 aromatic carbocycles. The fraction of sp³-hybridized carbons (Fsp3) is 0.484. The summed E-state index contributed by atoms with van der Waals surface area (Å²) in [5, 5.41) is 10.5. The molecule has 0 saturated carbocycles. The molecule has 2 heterocycles. The van der Waals surface area contributed by atoms with Gasteiger partial charge in [-0.2, -0.15) is 0 Å². The number of likely N-dealkylation sites (tertiary alicyclic amines) is 1.